The van der Waals surface area contributed by atoms with Gasteiger partial charge in [0.05, 0.1) is 0 Å². The summed E-state index contributed by atoms with van der Waals surface area (Å²) in [6.07, 6.45) is -5.93. The van der Waals surface area contributed by atoms with Crippen LogP contribution in [0.2, 0.25) is 0 Å². The molecule has 6 heteroatoms. The first-order valence-electron chi connectivity index (χ1n) is 4.24. The molecule has 15 heavy (non-hydrogen) atoms. The lowest BCUT2D eigenvalue weighted by atomic mass is 10.1. The monoisotopic (exact) mass is 228 g/mol. The van der Waals surface area contributed by atoms with Gasteiger partial charge in [-0.2, -0.15) is 8.78 Å². The molecular weight excluding hydrogens is 213 g/mol. The molecule has 1 heterocycles. The first-order chi connectivity index (χ1) is 6.39. The van der Waals surface area contributed by atoms with Crippen LogP contribution in [-0.2, 0) is 14.3 Å². The van der Waals surface area contributed by atoms with Crippen LogP contribution in [0.3, 0.4) is 0 Å². The van der Waals surface area contributed by atoms with Crippen LogP contribution in [0.5, 0.6) is 0 Å². The van der Waals surface area contributed by atoms with Gasteiger partial charge in [0.15, 0.2) is 0 Å². The second kappa shape index (κ2) is 4.83. The van der Waals surface area contributed by atoms with Crippen molar-refractivity contribution in [2.45, 2.75) is 52.2 Å². The summed E-state index contributed by atoms with van der Waals surface area (Å²) < 4.78 is 47.9. The predicted molar refractivity (Wildman–Crippen MR) is 47.3 cm³/mol. The maximum Gasteiger partial charge on any atom is 0.315 e. The quantitative estimate of drug-likeness (QED) is 0.680. The van der Waals surface area contributed by atoms with E-state index in [4.69, 9.17) is 0 Å². The van der Waals surface area contributed by atoms with Gasteiger partial charge < -0.3 is 9.47 Å². The van der Waals surface area contributed by atoms with Crippen LogP contribution in [-0.4, -0.2) is 30.5 Å². The molecule has 1 saturated heterocycles. The molecule has 1 aliphatic rings. The van der Waals surface area contributed by atoms with Gasteiger partial charge in [-0.3, -0.25) is 4.79 Å². The highest BCUT2D eigenvalue weighted by atomic mass is 19.3. The standard InChI is InChI=1S/C8H11F3O3.CH4/c1-3-5-8(10,11)6(7(9)14-5)13-4(2)12;/h5-7H,3H2,1-2H3;1H4/t5-,6+,7-;/m1./s1. The van der Waals surface area contributed by atoms with Crippen LogP contribution < -0.4 is 0 Å². The topological polar surface area (TPSA) is 35.5 Å². The van der Waals surface area contributed by atoms with Gasteiger partial charge in [-0.05, 0) is 6.42 Å². The lowest BCUT2D eigenvalue weighted by Crippen LogP contribution is -2.41. The number of hydrogen-bond acceptors (Lipinski definition) is 3. The Kier molecular flexibility index (Phi) is 4.58. The van der Waals surface area contributed by atoms with Crippen molar-refractivity contribution in [3.63, 3.8) is 0 Å². The van der Waals surface area contributed by atoms with E-state index in [9.17, 15) is 18.0 Å². The summed E-state index contributed by atoms with van der Waals surface area (Å²) in [5.41, 5.74) is 0. The van der Waals surface area contributed by atoms with E-state index in [-0.39, 0.29) is 13.8 Å². The van der Waals surface area contributed by atoms with Crippen LogP contribution in [0.15, 0.2) is 0 Å². The van der Waals surface area contributed by atoms with Crippen LogP contribution in [0.4, 0.5) is 13.2 Å². The van der Waals surface area contributed by atoms with Gasteiger partial charge in [-0.1, -0.05) is 14.4 Å². The van der Waals surface area contributed by atoms with Crippen molar-refractivity contribution in [1.29, 1.82) is 0 Å². The molecule has 0 aliphatic carbocycles. The zero-order chi connectivity index (χ0) is 10.9. The lowest BCUT2D eigenvalue weighted by molar-refractivity contribution is -0.173. The van der Waals surface area contributed by atoms with Gasteiger partial charge in [0.1, 0.15) is 6.10 Å². The smallest absolute Gasteiger partial charge is 0.315 e. The Morgan fingerprint density at radius 2 is 2.07 bits per heavy atom. The summed E-state index contributed by atoms with van der Waals surface area (Å²) in [4.78, 5) is 10.5. The van der Waals surface area contributed by atoms with Gasteiger partial charge in [-0.25, -0.2) is 4.39 Å². The Bertz CT molecular complexity index is 233. The molecule has 0 amide bonds. The zero-order valence-electron chi connectivity index (χ0n) is 7.80. The molecule has 0 spiro atoms. The fourth-order valence-electron chi connectivity index (χ4n) is 1.36. The first-order valence-corrected chi connectivity index (χ1v) is 4.24. The normalized spacial score (nSPS) is 33.3. The fraction of sp³-hybridized carbons (Fsp3) is 0.889. The molecule has 0 unspecified atom stereocenters. The van der Waals surface area contributed by atoms with Crippen molar-refractivity contribution in [2.75, 3.05) is 0 Å². The molecule has 0 radical (unpaired) electrons. The zero-order valence-corrected chi connectivity index (χ0v) is 7.80. The first kappa shape index (κ1) is 14.2. The Morgan fingerprint density at radius 3 is 2.40 bits per heavy atom. The van der Waals surface area contributed by atoms with Crippen LogP contribution in [0.1, 0.15) is 27.7 Å². The highest BCUT2D eigenvalue weighted by molar-refractivity contribution is 5.66. The lowest BCUT2D eigenvalue weighted by Gasteiger charge is -2.20. The number of hydrogen-bond donors (Lipinski definition) is 0. The minimum absolute atomic E-state index is 0. The Balaban J connectivity index is 0.00000196. The second-order valence-corrected chi connectivity index (χ2v) is 3.09. The minimum Gasteiger partial charge on any atom is -0.450 e. The maximum absolute atomic E-state index is 13.2. The Morgan fingerprint density at radius 1 is 1.53 bits per heavy atom. The number of esters is 1. The van der Waals surface area contributed by atoms with Crippen molar-refractivity contribution in [3.8, 4) is 0 Å². The molecule has 0 aromatic carbocycles. The average molecular weight is 228 g/mol. The van der Waals surface area contributed by atoms with E-state index in [2.05, 4.69) is 9.47 Å². The van der Waals surface area contributed by atoms with Gasteiger partial charge in [-0.15, -0.1) is 0 Å². The van der Waals surface area contributed by atoms with Crippen molar-refractivity contribution < 1.29 is 27.4 Å². The van der Waals surface area contributed by atoms with Crippen LogP contribution in [0.25, 0.3) is 0 Å². The molecular formula is C9H15F3O3. The number of halogens is 3. The summed E-state index contributed by atoms with van der Waals surface area (Å²) in [7, 11) is 0. The maximum atomic E-state index is 13.2. The van der Waals surface area contributed by atoms with Gasteiger partial charge >= 0.3 is 11.9 Å². The molecule has 0 aromatic heterocycles. The van der Waals surface area contributed by atoms with E-state index in [0.717, 1.165) is 6.92 Å². The predicted octanol–water partition coefficient (Wildman–Crippen LogP) is 2.29. The van der Waals surface area contributed by atoms with E-state index >= 15 is 0 Å². The van der Waals surface area contributed by atoms with E-state index in [1.54, 1.807) is 0 Å². The number of rotatable bonds is 2. The average Bonchev–Trinajstić information content (AvgIpc) is 2.27. The molecule has 3 nitrogen and oxygen atoms in total. The third-order valence-corrected chi connectivity index (χ3v) is 2.00. The van der Waals surface area contributed by atoms with Crippen LogP contribution >= 0.6 is 0 Å². The second-order valence-electron chi connectivity index (χ2n) is 3.09. The summed E-state index contributed by atoms with van der Waals surface area (Å²) in [6, 6.07) is 0. The molecule has 0 aromatic rings. The SMILES string of the molecule is C.CC[C@H]1O[C@@H](F)[C@H](OC(C)=O)C1(F)F. The fourth-order valence-corrected chi connectivity index (χ4v) is 1.36. The van der Waals surface area contributed by atoms with Crippen molar-refractivity contribution in [1.82, 2.24) is 0 Å². The highest BCUT2D eigenvalue weighted by Gasteiger charge is 2.60. The third-order valence-electron chi connectivity index (χ3n) is 2.00. The van der Waals surface area contributed by atoms with E-state index in [1.807, 2.05) is 0 Å². The van der Waals surface area contributed by atoms with Gasteiger partial charge in [0.2, 0.25) is 12.5 Å². The molecule has 0 N–H and O–H groups in total. The molecule has 90 valence electrons. The molecule has 0 bridgehead atoms. The Hall–Kier alpha value is -0.780. The minimum atomic E-state index is -3.46. The largest absolute Gasteiger partial charge is 0.450 e. The Labute approximate surface area is 86.5 Å². The molecule has 3 atom stereocenters. The number of ether oxygens (including phenoxy) is 2. The number of carbonyl (C=O) groups excluding carboxylic acids is 1. The highest BCUT2D eigenvalue weighted by Crippen LogP contribution is 2.40. The number of carbonyl (C=O) groups is 1. The van der Waals surface area contributed by atoms with E-state index in [1.165, 1.54) is 6.92 Å². The van der Waals surface area contributed by atoms with Gasteiger partial charge in [0, 0.05) is 6.92 Å². The van der Waals surface area contributed by atoms with Crippen molar-refractivity contribution >= 4 is 5.97 Å². The molecule has 1 rings (SSSR count). The van der Waals surface area contributed by atoms with Crippen LogP contribution in [0, 0.1) is 0 Å². The number of alkyl halides is 3. The van der Waals surface area contributed by atoms with E-state index in [0.29, 0.717) is 0 Å². The third kappa shape index (κ3) is 2.62. The summed E-state index contributed by atoms with van der Waals surface area (Å²) in [6.45, 7) is 2.39. The van der Waals surface area contributed by atoms with Crippen molar-refractivity contribution in [2.24, 2.45) is 0 Å². The van der Waals surface area contributed by atoms with Crippen molar-refractivity contribution in [3.05, 3.63) is 0 Å². The summed E-state index contributed by atoms with van der Waals surface area (Å²) in [5.74, 6) is -4.41. The summed E-state index contributed by atoms with van der Waals surface area (Å²) in [5, 5.41) is 0. The summed E-state index contributed by atoms with van der Waals surface area (Å²) >= 11 is 0. The molecule has 1 fully saturated rings. The molecule has 0 saturated carbocycles. The van der Waals surface area contributed by atoms with Gasteiger partial charge in [0.25, 0.3) is 0 Å². The van der Waals surface area contributed by atoms with E-state index < -0.39 is 30.5 Å². The molecule has 1 aliphatic heterocycles.